The molecule has 9 nitrogen and oxygen atoms in total. The number of aliphatic hydroxyl groups excluding tert-OH is 1. The fraction of sp³-hybridized carbons (Fsp3) is 0.424. The lowest BCUT2D eigenvalue weighted by atomic mass is 9.90. The van der Waals surface area contributed by atoms with Crippen LogP contribution >= 0.6 is 0 Å². The van der Waals surface area contributed by atoms with Gasteiger partial charge in [-0.15, -0.1) is 0 Å². The summed E-state index contributed by atoms with van der Waals surface area (Å²) in [6.07, 6.45) is -1.51. The number of alkyl halides is 1. The van der Waals surface area contributed by atoms with Gasteiger partial charge in [0.1, 0.15) is 18.0 Å². The molecule has 1 fully saturated rings. The molecule has 0 aliphatic carbocycles. The normalized spacial score (nSPS) is 15.7. The number of hydrogen-bond donors (Lipinski definition) is 4. The van der Waals surface area contributed by atoms with E-state index >= 15 is 4.39 Å². The molecule has 45 heavy (non-hydrogen) atoms. The highest BCUT2D eigenvalue weighted by Crippen LogP contribution is 2.33. The molecular formula is C33H39F3N4O5. The molecule has 1 aliphatic heterocycles. The first-order valence-electron chi connectivity index (χ1n) is 14.8. The number of aryl methyl sites for hydroxylation is 3. The van der Waals surface area contributed by atoms with E-state index in [2.05, 4.69) is 10.6 Å². The quantitative estimate of drug-likeness (QED) is 0.211. The van der Waals surface area contributed by atoms with Gasteiger partial charge in [-0.2, -0.15) is 0 Å². The number of hydrogen-bond acceptors (Lipinski definition) is 6. The molecule has 242 valence electrons. The van der Waals surface area contributed by atoms with Crippen molar-refractivity contribution in [2.24, 2.45) is 0 Å². The van der Waals surface area contributed by atoms with Gasteiger partial charge in [0.15, 0.2) is 11.6 Å². The van der Waals surface area contributed by atoms with Gasteiger partial charge in [-0.25, -0.2) is 13.2 Å². The zero-order valence-electron chi connectivity index (χ0n) is 25.7. The van der Waals surface area contributed by atoms with E-state index in [9.17, 15) is 33.4 Å². The van der Waals surface area contributed by atoms with Crippen molar-refractivity contribution in [2.45, 2.75) is 71.6 Å². The van der Waals surface area contributed by atoms with Gasteiger partial charge in [-0.05, 0) is 74.2 Å². The molecule has 1 amide bonds. The van der Waals surface area contributed by atoms with Crippen molar-refractivity contribution in [3.05, 3.63) is 92.4 Å². The summed E-state index contributed by atoms with van der Waals surface area (Å²) in [4.78, 5) is 39.3. The highest BCUT2D eigenvalue weighted by atomic mass is 19.2. The van der Waals surface area contributed by atoms with E-state index < -0.39 is 60.0 Å². The monoisotopic (exact) mass is 628 g/mol. The van der Waals surface area contributed by atoms with Crippen molar-refractivity contribution >= 4 is 11.9 Å². The molecule has 12 heteroatoms. The summed E-state index contributed by atoms with van der Waals surface area (Å²) >= 11 is 0. The minimum Gasteiger partial charge on any atom is -0.481 e. The van der Waals surface area contributed by atoms with Gasteiger partial charge < -0.3 is 25.4 Å². The fourth-order valence-corrected chi connectivity index (χ4v) is 5.94. The number of rotatable bonds is 13. The van der Waals surface area contributed by atoms with Crippen LogP contribution in [-0.2, 0) is 11.3 Å². The number of aromatic nitrogens is 1. The number of pyridine rings is 1. The molecule has 2 aromatic carbocycles. The third-order valence-electron chi connectivity index (χ3n) is 7.97. The lowest BCUT2D eigenvalue weighted by molar-refractivity contribution is -0.137. The molecule has 0 spiro atoms. The maximum Gasteiger partial charge on any atom is 0.305 e. The van der Waals surface area contributed by atoms with Crippen molar-refractivity contribution in [2.75, 3.05) is 19.6 Å². The third-order valence-corrected chi connectivity index (χ3v) is 7.97. The summed E-state index contributed by atoms with van der Waals surface area (Å²) in [7, 11) is 0. The molecule has 3 atom stereocenters. The first-order valence-corrected chi connectivity index (χ1v) is 14.8. The molecule has 1 saturated heterocycles. The first-order chi connectivity index (χ1) is 21.2. The number of nitrogens with zero attached hydrogens (tertiary/aromatic N) is 2. The van der Waals surface area contributed by atoms with E-state index in [1.807, 2.05) is 37.8 Å². The van der Waals surface area contributed by atoms with E-state index in [-0.39, 0.29) is 24.1 Å². The zero-order chi connectivity index (χ0) is 33.0. The minimum atomic E-state index is -1.45. The van der Waals surface area contributed by atoms with Crippen LogP contribution in [0.5, 0.6) is 0 Å². The van der Waals surface area contributed by atoms with Gasteiger partial charge >= 0.3 is 5.97 Å². The average Bonchev–Trinajstić information content (AvgIpc) is 2.91. The topological polar surface area (TPSA) is 124 Å². The van der Waals surface area contributed by atoms with Crippen LogP contribution in [0, 0.1) is 32.4 Å². The molecule has 0 bridgehead atoms. The third kappa shape index (κ3) is 8.38. The Bertz CT molecular complexity index is 1600. The molecule has 1 aromatic heterocycles. The van der Waals surface area contributed by atoms with Crippen LogP contribution in [0.2, 0.25) is 0 Å². The summed E-state index contributed by atoms with van der Waals surface area (Å²) in [6.45, 7) is 8.58. The molecule has 0 radical (unpaired) electrons. The molecule has 4 N–H and O–H groups in total. The Morgan fingerprint density at radius 3 is 2.36 bits per heavy atom. The summed E-state index contributed by atoms with van der Waals surface area (Å²) in [5.74, 6) is -4.36. The average molecular weight is 629 g/mol. The zero-order valence-corrected chi connectivity index (χ0v) is 25.7. The lowest BCUT2D eigenvalue weighted by Crippen LogP contribution is -2.49. The smallest absolute Gasteiger partial charge is 0.305 e. The number of carbonyl (C=O) groups is 2. The summed E-state index contributed by atoms with van der Waals surface area (Å²) < 4.78 is 44.5. The standard InChI is InChI=1S/C33H39F3N4O5/c1-18-10-19(2)30(20(3)11-18)22-13-25(31(36)26(35)14-22)27(15-29(42)43)37-21(4)12-28(41)38-32(44)24-6-5-7-40(33(24)45)9-8-39-16-23(34)17-39/h5-7,10-11,13-14,21,23,27-28,37,41H,8-9,12,15-17H2,1-4H3,(H,38,44)(H,42,43)/t21?,27-,28+/m0/s1. The number of nitrogens with one attached hydrogen (secondary N) is 2. The Hall–Kier alpha value is -4.00. The number of amides is 1. The largest absolute Gasteiger partial charge is 0.481 e. The molecule has 4 rings (SSSR count). The number of carboxylic acids is 1. The Kier molecular flexibility index (Phi) is 10.8. The number of aliphatic hydroxyl groups is 1. The van der Waals surface area contributed by atoms with Crippen molar-refractivity contribution in [1.82, 2.24) is 20.1 Å². The Labute approximate surface area is 259 Å². The van der Waals surface area contributed by atoms with E-state index in [1.165, 1.54) is 29.0 Å². The Morgan fingerprint density at radius 2 is 1.73 bits per heavy atom. The van der Waals surface area contributed by atoms with Crippen molar-refractivity contribution < 1.29 is 33.0 Å². The van der Waals surface area contributed by atoms with Gasteiger partial charge in [0.25, 0.3) is 11.5 Å². The molecule has 3 aromatic rings. The summed E-state index contributed by atoms with van der Waals surface area (Å²) in [5, 5.41) is 25.5. The predicted molar refractivity (Wildman–Crippen MR) is 164 cm³/mol. The van der Waals surface area contributed by atoms with Gasteiger partial charge in [-0.1, -0.05) is 17.7 Å². The maximum absolute atomic E-state index is 15.2. The van der Waals surface area contributed by atoms with Gasteiger partial charge in [0.2, 0.25) is 0 Å². The van der Waals surface area contributed by atoms with Gasteiger partial charge in [-0.3, -0.25) is 19.3 Å². The van der Waals surface area contributed by atoms with Crippen LogP contribution in [0.1, 0.15) is 58.4 Å². The number of likely N-dealkylation sites (tertiary alicyclic amines) is 1. The number of halogens is 3. The van der Waals surface area contributed by atoms with E-state index in [0.717, 1.165) is 28.3 Å². The highest BCUT2D eigenvalue weighted by Gasteiger charge is 2.27. The second kappa shape index (κ2) is 14.4. The van der Waals surface area contributed by atoms with Gasteiger partial charge in [0.05, 0.1) is 6.42 Å². The number of carbonyl (C=O) groups excluding carboxylic acids is 1. The first kappa shape index (κ1) is 33.9. The van der Waals surface area contributed by atoms with Crippen LogP contribution in [0.3, 0.4) is 0 Å². The predicted octanol–water partition coefficient (Wildman–Crippen LogP) is 4.00. The lowest BCUT2D eigenvalue weighted by Gasteiger charge is -2.34. The SMILES string of the molecule is Cc1cc(C)c(-c2cc(F)c(F)c([C@H](CC(=O)O)NC(C)C[C@@H](O)NC(=O)c3cccn(CCN4CC(F)C4)c3=O)c2)c(C)c1. The van der Waals surface area contributed by atoms with E-state index in [0.29, 0.717) is 25.2 Å². The van der Waals surface area contributed by atoms with Gasteiger partial charge in [0, 0.05) is 56.4 Å². The van der Waals surface area contributed by atoms with E-state index in [1.54, 1.807) is 6.92 Å². The Balaban J connectivity index is 1.46. The van der Waals surface area contributed by atoms with Crippen molar-refractivity contribution in [3.63, 3.8) is 0 Å². The minimum absolute atomic E-state index is 0.137. The number of carboxylic acid groups (broad SMARTS) is 1. The van der Waals surface area contributed by atoms with Crippen LogP contribution < -0.4 is 16.2 Å². The second-order valence-electron chi connectivity index (χ2n) is 11.9. The highest BCUT2D eigenvalue weighted by molar-refractivity contribution is 5.93. The fourth-order valence-electron chi connectivity index (χ4n) is 5.94. The molecular weight excluding hydrogens is 589 g/mol. The van der Waals surface area contributed by atoms with Crippen LogP contribution in [0.15, 0.2) is 47.4 Å². The molecule has 1 unspecified atom stereocenters. The Morgan fingerprint density at radius 1 is 1.07 bits per heavy atom. The number of benzene rings is 2. The second-order valence-corrected chi connectivity index (χ2v) is 11.9. The molecule has 2 heterocycles. The summed E-state index contributed by atoms with van der Waals surface area (Å²) in [5.41, 5.74) is 2.91. The molecule has 0 saturated carbocycles. The van der Waals surface area contributed by atoms with Crippen LogP contribution in [-0.4, -0.2) is 69.6 Å². The summed E-state index contributed by atoms with van der Waals surface area (Å²) in [6, 6.07) is 7.39. The van der Waals surface area contributed by atoms with Crippen molar-refractivity contribution in [3.8, 4) is 11.1 Å². The number of aliphatic carboxylic acids is 1. The maximum atomic E-state index is 15.2. The van der Waals surface area contributed by atoms with Crippen molar-refractivity contribution in [1.29, 1.82) is 0 Å². The van der Waals surface area contributed by atoms with Crippen LogP contribution in [0.25, 0.3) is 11.1 Å². The molecule has 1 aliphatic rings. The van der Waals surface area contributed by atoms with Crippen LogP contribution in [0.4, 0.5) is 13.2 Å². The van der Waals surface area contributed by atoms with E-state index in [4.69, 9.17) is 0 Å².